The van der Waals surface area contributed by atoms with Gasteiger partial charge in [-0.3, -0.25) is 4.79 Å². The van der Waals surface area contributed by atoms with Crippen molar-refractivity contribution in [2.24, 2.45) is 0 Å². The first kappa shape index (κ1) is 22.9. The van der Waals surface area contributed by atoms with Crippen LogP contribution in [-0.4, -0.2) is 41.7 Å². The molecule has 1 aromatic heterocycles. The van der Waals surface area contributed by atoms with Gasteiger partial charge < -0.3 is 28.7 Å². The number of likely N-dealkylation sites (N-methyl/N-ethyl adjacent to an activating group) is 1. The van der Waals surface area contributed by atoms with Crippen LogP contribution in [0, 0.1) is 6.92 Å². The smallest absolute Gasteiger partial charge is 0.277 e. The summed E-state index contributed by atoms with van der Waals surface area (Å²) >= 11 is 2.83. The molecule has 0 saturated heterocycles. The van der Waals surface area contributed by atoms with Crippen LogP contribution in [0.5, 0.6) is 11.5 Å². The van der Waals surface area contributed by atoms with E-state index >= 15 is 0 Å². The largest absolute Gasteiger partial charge is 0.505 e. The molecule has 0 radical (unpaired) electrons. The van der Waals surface area contributed by atoms with Gasteiger partial charge in [0.1, 0.15) is 0 Å². The lowest BCUT2D eigenvalue weighted by atomic mass is 10.1. The molecule has 0 spiro atoms. The van der Waals surface area contributed by atoms with Gasteiger partial charge >= 0.3 is 0 Å². The molecule has 1 amide bonds. The minimum atomic E-state index is -0.468. The molecule has 172 valence electrons. The third kappa shape index (κ3) is 4.62. The standard InChI is InChI=1S/C23H23N3O5S2/c1-13-21(24-22(28)19-20(27)15-7-5-6-8-18(15)33-26(19)2)25-31-23(13)32-12-14-9-10-16(29-3)17(11-14)30-4/h5-11,27H,12H2,1-4H3,(H,24,25,28). The molecule has 2 heterocycles. The number of ether oxygens (including phenoxy) is 2. The number of aliphatic hydroxyl groups excluding tert-OH is 1. The molecule has 4 rings (SSSR count). The number of nitrogens with zero attached hydrogens (tertiary/aromatic N) is 2. The van der Waals surface area contributed by atoms with Crippen molar-refractivity contribution in [3.05, 3.63) is 64.9 Å². The second-order valence-electron chi connectivity index (χ2n) is 7.16. The molecule has 10 heteroatoms. The number of hydrogen-bond donors (Lipinski definition) is 2. The number of fused-ring (bicyclic) bond motifs is 1. The Morgan fingerprint density at radius 2 is 1.97 bits per heavy atom. The van der Waals surface area contributed by atoms with E-state index in [2.05, 4.69) is 10.5 Å². The molecule has 1 aliphatic heterocycles. The highest BCUT2D eigenvalue weighted by atomic mass is 32.2. The van der Waals surface area contributed by atoms with Crippen molar-refractivity contribution in [3.8, 4) is 11.5 Å². The van der Waals surface area contributed by atoms with E-state index in [0.29, 0.717) is 39.3 Å². The van der Waals surface area contributed by atoms with E-state index in [4.69, 9.17) is 14.0 Å². The van der Waals surface area contributed by atoms with E-state index in [9.17, 15) is 9.90 Å². The van der Waals surface area contributed by atoms with Crippen molar-refractivity contribution < 1.29 is 23.9 Å². The summed E-state index contributed by atoms with van der Waals surface area (Å²) < 4.78 is 17.7. The van der Waals surface area contributed by atoms with Crippen molar-refractivity contribution >= 4 is 41.2 Å². The number of methoxy groups -OCH3 is 2. The lowest BCUT2D eigenvalue weighted by Gasteiger charge is -2.27. The molecular weight excluding hydrogens is 462 g/mol. The normalized spacial score (nSPS) is 13.0. The number of carbonyl (C=O) groups is 1. The predicted octanol–water partition coefficient (Wildman–Crippen LogP) is 5.11. The molecule has 0 atom stereocenters. The van der Waals surface area contributed by atoms with Crippen molar-refractivity contribution in [1.29, 1.82) is 0 Å². The second-order valence-corrected chi connectivity index (χ2v) is 9.28. The van der Waals surface area contributed by atoms with E-state index in [-0.39, 0.29) is 11.5 Å². The zero-order chi connectivity index (χ0) is 23.5. The Kier molecular flexibility index (Phi) is 6.75. The van der Waals surface area contributed by atoms with Gasteiger partial charge in [0.05, 0.1) is 14.2 Å². The summed E-state index contributed by atoms with van der Waals surface area (Å²) in [7, 11) is 4.92. The van der Waals surface area contributed by atoms with E-state index in [1.807, 2.05) is 43.3 Å². The van der Waals surface area contributed by atoms with Crippen LogP contribution in [0.4, 0.5) is 5.82 Å². The van der Waals surface area contributed by atoms with E-state index in [1.165, 1.54) is 23.7 Å². The van der Waals surface area contributed by atoms with Gasteiger partial charge in [0.15, 0.2) is 33.9 Å². The molecule has 0 saturated carbocycles. The molecule has 0 fully saturated rings. The topological polar surface area (TPSA) is 97.1 Å². The molecule has 0 bridgehead atoms. The second kappa shape index (κ2) is 9.72. The molecule has 2 aromatic carbocycles. The number of carbonyl (C=O) groups excluding carboxylic acids is 1. The lowest BCUT2D eigenvalue weighted by molar-refractivity contribution is -0.113. The van der Waals surface area contributed by atoms with Gasteiger partial charge in [-0.15, -0.1) is 0 Å². The van der Waals surface area contributed by atoms with E-state index in [0.717, 1.165) is 10.5 Å². The van der Waals surface area contributed by atoms with Gasteiger partial charge in [-0.05, 0) is 48.7 Å². The molecule has 0 unspecified atom stereocenters. The van der Waals surface area contributed by atoms with Gasteiger partial charge in [0, 0.05) is 28.8 Å². The van der Waals surface area contributed by atoms with Crippen LogP contribution < -0.4 is 14.8 Å². The van der Waals surface area contributed by atoms with E-state index in [1.54, 1.807) is 31.6 Å². The Hall–Kier alpha value is -3.24. The number of thioether (sulfide) groups is 1. The fraction of sp³-hybridized carbons (Fsp3) is 0.217. The molecule has 8 nitrogen and oxygen atoms in total. The molecular formula is C23H23N3O5S2. The van der Waals surface area contributed by atoms with Crippen LogP contribution >= 0.6 is 23.7 Å². The predicted molar refractivity (Wildman–Crippen MR) is 129 cm³/mol. The third-order valence-corrected chi connectivity index (χ3v) is 7.19. The average Bonchev–Trinajstić information content (AvgIpc) is 3.16. The summed E-state index contributed by atoms with van der Waals surface area (Å²) in [5.41, 5.74) is 2.50. The highest BCUT2D eigenvalue weighted by molar-refractivity contribution is 7.98. The minimum absolute atomic E-state index is 0.0754. The average molecular weight is 486 g/mol. The summed E-state index contributed by atoms with van der Waals surface area (Å²) in [6, 6.07) is 13.1. The quantitative estimate of drug-likeness (QED) is 0.349. The zero-order valence-corrected chi connectivity index (χ0v) is 20.2. The zero-order valence-electron chi connectivity index (χ0n) is 18.5. The van der Waals surface area contributed by atoms with Crippen molar-refractivity contribution in [3.63, 3.8) is 0 Å². The highest BCUT2D eigenvalue weighted by Crippen LogP contribution is 2.39. The Labute approximate surface area is 200 Å². The SMILES string of the molecule is COc1ccc(CSc2onc(NC(=O)C3=C(O)c4ccccc4SN3C)c2C)cc1OC. The first-order valence-corrected chi connectivity index (χ1v) is 11.7. The number of nitrogens with one attached hydrogen (secondary N) is 1. The molecule has 3 aromatic rings. The Morgan fingerprint density at radius 3 is 2.73 bits per heavy atom. The fourth-order valence-electron chi connectivity index (χ4n) is 3.32. The van der Waals surface area contributed by atoms with Crippen molar-refractivity contribution in [2.45, 2.75) is 22.7 Å². The molecule has 0 aliphatic carbocycles. The van der Waals surface area contributed by atoms with Crippen LogP contribution in [0.3, 0.4) is 0 Å². The van der Waals surface area contributed by atoms with Gasteiger partial charge in [-0.1, -0.05) is 35.1 Å². The van der Waals surface area contributed by atoms with Crippen molar-refractivity contribution in [1.82, 2.24) is 9.46 Å². The van der Waals surface area contributed by atoms with Crippen LogP contribution in [0.1, 0.15) is 16.7 Å². The number of aliphatic hydroxyl groups is 1. The molecule has 33 heavy (non-hydrogen) atoms. The monoisotopic (exact) mass is 485 g/mol. The number of aromatic nitrogens is 1. The maximum atomic E-state index is 13.0. The first-order valence-electron chi connectivity index (χ1n) is 9.98. The van der Waals surface area contributed by atoms with Crippen LogP contribution in [0.15, 0.2) is 62.7 Å². The van der Waals surface area contributed by atoms with E-state index < -0.39 is 5.91 Å². The molecule has 2 N–H and O–H groups in total. The number of anilines is 1. The lowest BCUT2D eigenvalue weighted by Crippen LogP contribution is -2.27. The number of benzene rings is 2. The number of amides is 1. The summed E-state index contributed by atoms with van der Waals surface area (Å²) in [4.78, 5) is 13.8. The summed E-state index contributed by atoms with van der Waals surface area (Å²) in [5.74, 6) is 1.71. The number of hydrogen-bond acceptors (Lipinski definition) is 9. The highest BCUT2D eigenvalue weighted by Gasteiger charge is 2.29. The summed E-state index contributed by atoms with van der Waals surface area (Å²) in [6.07, 6.45) is 0. The third-order valence-electron chi connectivity index (χ3n) is 5.06. The first-order chi connectivity index (χ1) is 15.9. The van der Waals surface area contributed by atoms with Crippen molar-refractivity contribution in [2.75, 3.05) is 26.6 Å². The van der Waals surface area contributed by atoms with Gasteiger partial charge in [0.2, 0.25) is 0 Å². The fourth-order valence-corrected chi connectivity index (χ4v) is 5.16. The minimum Gasteiger partial charge on any atom is -0.505 e. The Bertz CT molecular complexity index is 1220. The summed E-state index contributed by atoms with van der Waals surface area (Å²) in [5, 5.41) is 18.1. The van der Waals surface area contributed by atoms with Crippen LogP contribution in [-0.2, 0) is 10.5 Å². The molecule has 1 aliphatic rings. The van der Waals surface area contributed by atoms with Gasteiger partial charge in [-0.25, -0.2) is 0 Å². The van der Waals surface area contributed by atoms with Crippen LogP contribution in [0.25, 0.3) is 5.76 Å². The van der Waals surface area contributed by atoms with Crippen LogP contribution in [0.2, 0.25) is 0 Å². The summed E-state index contributed by atoms with van der Waals surface area (Å²) in [6.45, 7) is 1.83. The van der Waals surface area contributed by atoms with Gasteiger partial charge in [-0.2, -0.15) is 0 Å². The Balaban J connectivity index is 1.48. The maximum absolute atomic E-state index is 13.0. The number of rotatable bonds is 7. The van der Waals surface area contributed by atoms with Gasteiger partial charge in [0.25, 0.3) is 5.91 Å². The maximum Gasteiger partial charge on any atom is 0.277 e. The Morgan fingerprint density at radius 1 is 1.21 bits per heavy atom.